The first-order valence-corrected chi connectivity index (χ1v) is 14.7. The number of amidine groups is 1. The van der Waals surface area contributed by atoms with Crippen LogP contribution >= 0.6 is 11.8 Å². The Morgan fingerprint density at radius 2 is 1.78 bits per heavy atom. The summed E-state index contributed by atoms with van der Waals surface area (Å²) in [7, 11) is 0. The Morgan fingerprint density at radius 3 is 2.43 bits per heavy atom. The predicted molar refractivity (Wildman–Crippen MR) is 162 cm³/mol. The molecule has 0 spiro atoms. The second-order valence-corrected chi connectivity index (χ2v) is 11.2. The van der Waals surface area contributed by atoms with Crippen molar-refractivity contribution in [2.45, 2.75) is 37.5 Å². The van der Waals surface area contributed by atoms with Gasteiger partial charge in [0.05, 0.1) is 24.1 Å². The Bertz CT molecular complexity index is 1730. The van der Waals surface area contributed by atoms with Gasteiger partial charge in [0.15, 0.2) is 5.17 Å². The van der Waals surface area contributed by atoms with Gasteiger partial charge in [0.2, 0.25) is 11.8 Å². The van der Waals surface area contributed by atoms with Gasteiger partial charge in [-0.15, -0.1) is 0 Å². The second kappa shape index (κ2) is 13.9. The Kier molecular flexibility index (Phi) is 9.75. The lowest BCUT2D eigenvalue weighted by Gasteiger charge is -2.16. The minimum Gasteiger partial charge on any atom is -0.467 e. The molecule has 0 aliphatic carbocycles. The summed E-state index contributed by atoms with van der Waals surface area (Å²) < 4.78 is 63.8. The molecule has 0 radical (unpaired) electrons. The zero-order valence-corrected chi connectivity index (χ0v) is 24.9. The topological polar surface area (TPSA) is 113 Å². The minimum absolute atomic E-state index is 0.00983. The van der Waals surface area contributed by atoms with Gasteiger partial charge >= 0.3 is 12.3 Å². The van der Waals surface area contributed by atoms with E-state index in [9.17, 15) is 31.9 Å². The molecular weight excluding hydrogens is 628 g/mol. The van der Waals surface area contributed by atoms with Crippen LogP contribution in [0.1, 0.15) is 34.6 Å². The number of furan rings is 1. The van der Waals surface area contributed by atoms with Crippen LogP contribution in [0.25, 0.3) is 0 Å². The molecule has 3 aromatic carbocycles. The fraction of sp³-hybridized carbons (Fsp3) is 0.188. The maximum absolute atomic E-state index is 14.2. The van der Waals surface area contributed by atoms with Gasteiger partial charge in [0.25, 0.3) is 0 Å². The number of hydrogen-bond acceptors (Lipinski definition) is 7. The number of carbonyl (C=O) groups is 3. The van der Waals surface area contributed by atoms with Crippen molar-refractivity contribution in [3.8, 4) is 0 Å². The summed E-state index contributed by atoms with van der Waals surface area (Å²) in [6.07, 6.45) is -4.19. The van der Waals surface area contributed by atoms with E-state index in [-0.39, 0.29) is 29.9 Å². The quantitative estimate of drug-likeness (QED) is 0.185. The van der Waals surface area contributed by atoms with Crippen molar-refractivity contribution >= 4 is 46.2 Å². The van der Waals surface area contributed by atoms with Crippen molar-refractivity contribution in [1.29, 1.82) is 0 Å². The third-order valence-corrected chi connectivity index (χ3v) is 7.97. The molecule has 0 bridgehead atoms. The van der Waals surface area contributed by atoms with E-state index in [0.29, 0.717) is 29.1 Å². The molecule has 1 unspecified atom stereocenters. The number of anilines is 1. The number of nitrogens with one attached hydrogen (secondary N) is 2. The van der Waals surface area contributed by atoms with E-state index in [4.69, 9.17) is 9.15 Å². The molecule has 5 rings (SSSR count). The van der Waals surface area contributed by atoms with Gasteiger partial charge in [-0.3, -0.25) is 14.5 Å². The van der Waals surface area contributed by atoms with E-state index in [2.05, 4.69) is 15.6 Å². The lowest BCUT2D eigenvalue weighted by Crippen LogP contribution is -2.41. The highest BCUT2D eigenvalue weighted by molar-refractivity contribution is 8.15. The summed E-state index contributed by atoms with van der Waals surface area (Å²) >= 11 is 1.04. The van der Waals surface area contributed by atoms with Crippen LogP contribution in [-0.4, -0.2) is 34.0 Å². The fourth-order valence-corrected chi connectivity index (χ4v) is 5.54. The van der Waals surface area contributed by atoms with E-state index >= 15 is 0 Å². The molecular formula is C32H26F4N4O5S. The maximum atomic E-state index is 14.2. The number of benzene rings is 3. The first kappa shape index (κ1) is 32.3. The lowest BCUT2D eigenvalue weighted by atomic mass is 10.1. The van der Waals surface area contributed by atoms with Gasteiger partial charge in [-0.05, 0) is 54.4 Å². The first-order chi connectivity index (χ1) is 22.0. The summed E-state index contributed by atoms with van der Waals surface area (Å²) in [5, 5.41) is 4.50. The second-order valence-electron chi connectivity index (χ2n) is 10.1. The van der Waals surface area contributed by atoms with Crippen molar-refractivity contribution in [2.75, 3.05) is 5.32 Å². The molecule has 2 heterocycles. The molecule has 1 fully saturated rings. The number of nitrogens with zero attached hydrogens (tertiary/aromatic N) is 2. The standard InChI is InChI=1S/C32H26F4N4O5S/c1-19(37-31(43)45-18-20-6-3-2-4-7-20)28(41)38-22-11-9-21(10-12-22)27-29(42)40(17-24-8-5-15-44-24)30(46-27)39-23-13-14-25(26(33)16-23)32(34,35)36/h2-16,19,27H,17-18H2,1H3,(H,37,43)(H,38,41)/t19-,27?/m1/s1. The van der Waals surface area contributed by atoms with Crippen LogP contribution in [0, 0.1) is 5.82 Å². The van der Waals surface area contributed by atoms with Gasteiger partial charge in [0, 0.05) is 11.8 Å². The highest BCUT2D eigenvalue weighted by Crippen LogP contribution is 2.42. The van der Waals surface area contributed by atoms with Gasteiger partial charge in [0.1, 0.15) is 29.5 Å². The molecule has 9 nitrogen and oxygen atoms in total. The molecule has 0 saturated carbocycles. The van der Waals surface area contributed by atoms with Crippen LogP contribution in [-0.2, 0) is 33.7 Å². The van der Waals surface area contributed by atoms with E-state index in [1.165, 1.54) is 18.1 Å². The molecule has 2 N–H and O–H groups in total. The van der Waals surface area contributed by atoms with Crippen molar-refractivity contribution in [2.24, 2.45) is 4.99 Å². The number of ether oxygens (including phenoxy) is 1. The third-order valence-electron chi connectivity index (χ3n) is 6.74. The first-order valence-electron chi connectivity index (χ1n) is 13.8. The van der Waals surface area contributed by atoms with Crippen molar-refractivity contribution in [3.63, 3.8) is 0 Å². The number of aliphatic imine (C=N–C) groups is 1. The van der Waals surface area contributed by atoms with Crippen molar-refractivity contribution in [3.05, 3.63) is 119 Å². The average molecular weight is 655 g/mol. The summed E-state index contributed by atoms with van der Waals surface area (Å²) in [5.74, 6) is -1.93. The fourth-order valence-electron chi connectivity index (χ4n) is 4.37. The number of hydrogen-bond donors (Lipinski definition) is 2. The SMILES string of the molecule is C[C@@H](NC(=O)OCc1ccccc1)C(=O)Nc1ccc(C2SC(=Nc3ccc(C(F)(F)F)c(F)c3)N(Cc3ccco3)C2=O)cc1. The summed E-state index contributed by atoms with van der Waals surface area (Å²) in [4.78, 5) is 43.9. The normalized spacial score (nSPS) is 16.4. The van der Waals surface area contributed by atoms with E-state index in [1.807, 2.05) is 18.2 Å². The van der Waals surface area contributed by atoms with Crippen LogP contribution in [0.4, 0.5) is 33.7 Å². The van der Waals surface area contributed by atoms with E-state index in [0.717, 1.165) is 23.4 Å². The molecule has 2 atom stereocenters. The van der Waals surface area contributed by atoms with Crippen molar-refractivity contribution in [1.82, 2.24) is 10.2 Å². The zero-order valence-electron chi connectivity index (χ0n) is 24.1. The van der Waals surface area contributed by atoms with E-state index in [1.54, 1.807) is 48.5 Å². The van der Waals surface area contributed by atoms with Gasteiger partial charge in [-0.2, -0.15) is 13.2 Å². The zero-order chi connectivity index (χ0) is 32.8. The molecule has 1 aliphatic rings. The number of carbonyl (C=O) groups excluding carboxylic acids is 3. The van der Waals surface area contributed by atoms with Crippen LogP contribution in [0.15, 0.2) is 101 Å². The smallest absolute Gasteiger partial charge is 0.419 e. The highest BCUT2D eigenvalue weighted by Gasteiger charge is 2.40. The minimum atomic E-state index is -4.86. The number of alkyl carbamates (subject to hydrolysis) is 1. The Labute approximate surface area is 264 Å². The van der Waals surface area contributed by atoms with Gasteiger partial charge < -0.3 is 19.8 Å². The number of halogens is 4. The van der Waals surface area contributed by atoms with Crippen LogP contribution in [0.2, 0.25) is 0 Å². The molecule has 3 amide bonds. The Hall–Kier alpha value is -5.11. The van der Waals surface area contributed by atoms with Crippen LogP contribution in [0.3, 0.4) is 0 Å². The average Bonchev–Trinajstić information content (AvgIpc) is 3.64. The Morgan fingerprint density at radius 1 is 1.04 bits per heavy atom. The van der Waals surface area contributed by atoms with Crippen molar-refractivity contribution < 1.29 is 41.1 Å². The van der Waals surface area contributed by atoms with Crippen LogP contribution in [0.5, 0.6) is 0 Å². The monoisotopic (exact) mass is 654 g/mol. The molecule has 46 heavy (non-hydrogen) atoms. The highest BCUT2D eigenvalue weighted by atomic mass is 32.2. The summed E-state index contributed by atoms with van der Waals surface area (Å²) in [6, 6.07) is 20.1. The number of rotatable bonds is 9. The molecule has 14 heteroatoms. The molecule has 4 aromatic rings. The number of amides is 3. The molecule has 1 aromatic heterocycles. The largest absolute Gasteiger partial charge is 0.467 e. The van der Waals surface area contributed by atoms with Crippen LogP contribution < -0.4 is 10.6 Å². The molecule has 1 saturated heterocycles. The predicted octanol–water partition coefficient (Wildman–Crippen LogP) is 7.20. The summed E-state index contributed by atoms with van der Waals surface area (Å²) in [6.45, 7) is 1.54. The summed E-state index contributed by atoms with van der Waals surface area (Å²) in [5.41, 5.74) is 0.228. The molecule has 1 aliphatic heterocycles. The molecule has 238 valence electrons. The Balaban J connectivity index is 1.25. The van der Waals surface area contributed by atoms with E-state index < -0.39 is 40.8 Å². The maximum Gasteiger partial charge on any atom is 0.419 e. The van der Waals surface area contributed by atoms with Gasteiger partial charge in [-0.25, -0.2) is 14.2 Å². The number of alkyl halides is 3. The van der Waals surface area contributed by atoms with Gasteiger partial charge in [-0.1, -0.05) is 54.2 Å². The lowest BCUT2D eigenvalue weighted by molar-refractivity contribution is -0.140. The number of thioether (sulfide) groups is 1. The third kappa shape index (κ3) is 7.93.